The first-order valence-corrected chi connectivity index (χ1v) is 5.02. The third-order valence-electron chi connectivity index (χ3n) is 1.86. The summed E-state index contributed by atoms with van der Waals surface area (Å²) in [5.41, 5.74) is 7.20. The Labute approximate surface area is 89.8 Å². The van der Waals surface area contributed by atoms with Crippen molar-refractivity contribution in [2.75, 3.05) is 17.6 Å². The highest BCUT2D eigenvalue weighted by Crippen LogP contribution is 2.23. The molecule has 1 aromatic carbocycles. The molecule has 0 atom stereocenters. The molecule has 3 heteroatoms. The van der Waals surface area contributed by atoms with Crippen molar-refractivity contribution in [1.82, 2.24) is 0 Å². The Kier molecular flexibility index (Phi) is 4.33. The molecule has 0 aromatic heterocycles. The first kappa shape index (κ1) is 10.9. The number of anilines is 2. The van der Waals surface area contributed by atoms with Gasteiger partial charge in [-0.15, -0.1) is 0 Å². The van der Waals surface area contributed by atoms with Crippen LogP contribution in [0.4, 0.5) is 11.4 Å². The molecule has 0 aliphatic carbocycles. The van der Waals surface area contributed by atoms with Crippen LogP contribution in [-0.2, 0) is 0 Å². The number of nitrogens with one attached hydrogen (secondary N) is 1. The van der Waals surface area contributed by atoms with Crippen LogP contribution in [0.5, 0.6) is 0 Å². The lowest BCUT2D eigenvalue weighted by atomic mass is 10.2. The maximum Gasteiger partial charge on any atom is 0.0657 e. The average Bonchev–Trinajstić information content (AvgIpc) is 2.15. The van der Waals surface area contributed by atoms with Crippen LogP contribution in [-0.4, -0.2) is 6.54 Å². The fourth-order valence-corrected chi connectivity index (χ4v) is 1.39. The molecule has 0 heterocycles. The van der Waals surface area contributed by atoms with E-state index < -0.39 is 0 Å². The van der Waals surface area contributed by atoms with E-state index in [1.165, 1.54) is 0 Å². The van der Waals surface area contributed by atoms with Crippen molar-refractivity contribution in [2.24, 2.45) is 0 Å². The van der Waals surface area contributed by atoms with Gasteiger partial charge in [-0.1, -0.05) is 23.8 Å². The zero-order valence-electron chi connectivity index (χ0n) is 8.26. The van der Waals surface area contributed by atoms with Crippen LogP contribution in [0.15, 0.2) is 30.4 Å². The van der Waals surface area contributed by atoms with Crippen molar-refractivity contribution in [3.63, 3.8) is 0 Å². The molecule has 1 aromatic rings. The van der Waals surface area contributed by atoms with E-state index in [-0.39, 0.29) is 0 Å². The zero-order chi connectivity index (χ0) is 10.4. The Bertz CT molecular complexity index is 321. The molecular formula is C11H15ClN2. The number of nitrogen functional groups attached to an aromatic ring is 1. The SMILES string of the molecule is C/C=C/CCNc1ccc(N)cc1Cl. The third kappa shape index (κ3) is 3.30. The summed E-state index contributed by atoms with van der Waals surface area (Å²) in [7, 11) is 0. The van der Waals surface area contributed by atoms with E-state index in [4.69, 9.17) is 17.3 Å². The van der Waals surface area contributed by atoms with Crippen molar-refractivity contribution >= 4 is 23.0 Å². The number of benzene rings is 1. The van der Waals surface area contributed by atoms with Gasteiger partial charge in [-0.25, -0.2) is 0 Å². The van der Waals surface area contributed by atoms with Crippen molar-refractivity contribution in [3.05, 3.63) is 35.4 Å². The Hall–Kier alpha value is -1.15. The summed E-state index contributed by atoms with van der Waals surface area (Å²) in [5, 5.41) is 3.91. The molecule has 3 N–H and O–H groups in total. The van der Waals surface area contributed by atoms with E-state index in [1.807, 2.05) is 25.1 Å². The fraction of sp³-hybridized carbons (Fsp3) is 0.273. The molecule has 0 saturated heterocycles. The van der Waals surface area contributed by atoms with E-state index in [0.717, 1.165) is 18.7 Å². The van der Waals surface area contributed by atoms with Gasteiger partial charge in [0.15, 0.2) is 0 Å². The van der Waals surface area contributed by atoms with Gasteiger partial charge in [-0.2, -0.15) is 0 Å². The molecule has 2 nitrogen and oxygen atoms in total. The number of halogens is 1. The van der Waals surface area contributed by atoms with Gasteiger partial charge in [0.05, 0.1) is 10.7 Å². The second-order valence-electron chi connectivity index (χ2n) is 3.02. The van der Waals surface area contributed by atoms with Gasteiger partial charge < -0.3 is 11.1 Å². The number of hydrogen-bond acceptors (Lipinski definition) is 2. The Balaban J connectivity index is 2.50. The molecule has 0 bridgehead atoms. The van der Waals surface area contributed by atoms with Crippen molar-refractivity contribution in [1.29, 1.82) is 0 Å². The van der Waals surface area contributed by atoms with Gasteiger partial charge in [0.1, 0.15) is 0 Å². The summed E-state index contributed by atoms with van der Waals surface area (Å²) in [4.78, 5) is 0. The molecular weight excluding hydrogens is 196 g/mol. The molecule has 0 radical (unpaired) electrons. The fourth-order valence-electron chi connectivity index (χ4n) is 1.13. The van der Waals surface area contributed by atoms with E-state index in [2.05, 4.69) is 11.4 Å². The molecule has 0 amide bonds. The summed E-state index contributed by atoms with van der Waals surface area (Å²) in [6.45, 7) is 2.89. The van der Waals surface area contributed by atoms with Crippen molar-refractivity contribution < 1.29 is 0 Å². The molecule has 14 heavy (non-hydrogen) atoms. The number of nitrogens with two attached hydrogens (primary N) is 1. The predicted octanol–water partition coefficient (Wildman–Crippen LogP) is 3.30. The molecule has 0 saturated carbocycles. The zero-order valence-corrected chi connectivity index (χ0v) is 9.01. The van der Waals surface area contributed by atoms with Crippen LogP contribution >= 0.6 is 11.6 Å². The Morgan fingerprint density at radius 2 is 2.29 bits per heavy atom. The highest BCUT2D eigenvalue weighted by atomic mass is 35.5. The van der Waals surface area contributed by atoms with Gasteiger partial charge >= 0.3 is 0 Å². The molecule has 0 spiro atoms. The second kappa shape index (κ2) is 5.55. The number of rotatable bonds is 4. The van der Waals surface area contributed by atoms with Crippen LogP contribution in [0.25, 0.3) is 0 Å². The molecule has 76 valence electrons. The van der Waals surface area contributed by atoms with Gasteiger partial charge in [0, 0.05) is 12.2 Å². The molecule has 0 fully saturated rings. The van der Waals surface area contributed by atoms with E-state index in [0.29, 0.717) is 10.7 Å². The van der Waals surface area contributed by atoms with Crippen LogP contribution in [0.1, 0.15) is 13.3 Å². The summed E-state index contributed by atoms with van der Waals surface area (Å²) in [6, 6.07) is 5.48. The van der Waals surface area contributed by atoms with Crippen LogP contribution in [0, 0.1) is 0 Å². The lowest BCUT2D eigenvalue weighted by molar-refractivity contribution is 1.06. The number of hydrogen-bond donors (Lipinski definition) is 2. The predicted molar refractivity (Wildman–Crippen MR) is 63.8 cm³/mol. The van der Waals surface area contributed by atoms with Crippen LogP contribution in [0.2, 0.25) is 5.02 Å². The molecule has 1 rings (SSSR count). The standard InChI is InChI=1S/C11H15ClN2/c1-2-3-4-7-14-11-6-5-9(13)8-10(11)12/h2-3,5-6,8,14H,4,7,13H2,1H3/b3-2+. The minimum Gasteiger partial charge on any atom is -0.399 e. The van der Waals surface area contributed by atoms with Crippen LogP contribution < -0.4 is 11.1 Å². The largest absolute Gasteiger partial charge is 0.399 e. The monoisotopic (exact) mass is 210 g/mol. The smallest absolute Gasteiger partial charge is 0.0657 e. The normalized spacial score (nSPS) is 10.7. The third-order valence-corrected chi connectivity index (χ3v) is 2.17. The summed E-state index contributed by atoms with van der Waals surface area (Å²) in [5.74, 6) is 0. The summed E-state index contributed by atoms with van der Waals surface area (Å²) >= 11 is 5.98. The number of allylic oxidation sites excluding steroid dienone is 1. The Morgan fingerprint density at radius 3 is 2.93 bits per heavy atom. The summed E-state index contributed by atoms with van der Waals surface area (Å²) < 4.78 is 0. The molecule has 0 aliphatic heterocycles. The van der Waals surface area contributed by atoms with Gasteiger partial charge in [-0.3, -0.25) is 0 Å². The average molecular weight is 211 g/mol. The first-order valence-electron chi connectivity index (χ1n) is 4.64. The molecule has 0 aliphatic rings. The lowest BCUT2D eigenvalue weighted by Gasteiger charge is -2.07. The van der Waals surface area contributed by atoms with E-state index in [9.17, 15) is 0 Å². The highest BCUT2D eigenvalue weighted by Gasteiger charge is 1.98. The van der Waals surface area contributed by atoms with Crippen LogP contribution in [0.3, 0.4) is 0 Å². The van der Waals surface area contributed by atoms with Gasteiger partial charge in [0.25, 0.3) is 0 Å². The Morgan fingerprint density at radius 1 is 1.50 bits per heavy atom. The minimum absolute atomic E-state index is 0.672. The highest BCUT2D eigenvalue weighted by molar-refractivity contribution is 6.33. The van der Waals surface area contributed by atoms with Gasteiger partial charge in [0.2, 0.25) is 0 Å². The lowest BCUT2D eigenvalue weighted by Crippen LogP contribution is -2.00. The maximum absolute atomic E-state index is 5.98. The second-order valence-corrected chi connectivity index (χ2v) is 3.43. The molecule has 0 unspecified atom stereocenters. The van der Waals surface area contributed by atoms with Crippen molar-refractivity contribution in [2.45, 2.75) is 13.3 Å². The van der Waals surface area contributed by atoms with Crippen molar-refractivity contribution in [3.8, 4) is 0 Å². The first-order chi connectivity index (χ1) is 6.74. The quantitative estimate of drug-likeness (QED) is 0.455. The maximum atomic E-state index is 5.98. The van der Waals surface area contributed by atoms with E-state index >= 15 is 0 Å². The minimum atomic E-state index is 0.672. The summed E-state index contributed by atoms with van der Waals surface area (Å²) in [6.07, 6.45) is 5.14. The van der Waals surface area contributed by atoms with Gasteiger partial charge in [-0.05, 0) is 31.5 Å². The topological polar surface area (TPSA) is 38.0 Å². The van der Waals surface area contributed by atoms with E-state index in [1.54, 1.807) is 6.07 Å².